The Kier molecular flexibility index (Phi) is 2.94. The number of nitrogens with zero attached hydrogens (tertiary/aromatic N) is 4. The van der Waals surface area contributed by atoms with Crippen molar-refractivity contribution in [3.05, 3.63) is 17.8 Å². The maximum Gasteiger partial charge on any atom is 0.158 e. The van der Waals surface area contributed by atoms with Gasteiger partial charge in [-0.2, -0.15) is 14.9 Å². The third-order valence-corrected chi connectivity index (χ3v) is 2.88. The second-order valence-electron chi connectivity index (χ2n) is 2.94. The van der Waals surface area contributed by atoms with Crippen LogP contribution >= 0.6 is 11.8 Å². The average Bonchev–Trinajstić information content (AvgIpc) is 2.75. The molecule has 0 aliphatic carbocycles. The van der Waals surface area contributed by atoms with E-state index in [1.54, 1.807) is 19.4 Å². The lowest BCUT2D eigenvalue weighted by Gasteiger charge is -2.06. The van der Waals surface area contributed by atoms with Gasteiger partial charge in [-0.05, 0) is 0 Å². The zero-order valence-corrected chi connectivity index (χ0v) is 9.36. The first-order chi connectivity index (χ1) is 7.77. The number of hydrogen-bond donors (Lipinski definition) is 1. The lowest BCUT2D eigenvalue weighted by Crippen LogP contribution is -2.05. The predicted octanol–water partition coefficient (Wildman–Crippen LogP) is 0.879. The Morgan fingerprint density at radius 1 is 1.69 bits per heavy atom. The zero-order valence-electron chi connectivity index (χ0n) is 8.54. The molecule has 0 radical (unpaired) electrons. The van der Waals surface area contributed by atoms with Crippen molar-refractivity contribution in [3.63, 3.8) is 0 Å². The van der Waals surface area contributed by atoms with E-state index in [2.05, 4.69) is 10.1 Å². The van der Waals surface area contributed by atoms with Crippen molar-refractivity contribution in [1.82, 2.24) is 14.6 Å². The average molecular weight is 235 g/mol. The van der Waals surface area contributed by atoms with E-state index in [1.807, 2.05) is 6.07 Å². The molecule has 2 N–H and O–H groups in total. The molecule has 6 nitrogen and oxygen atoms in total. The number of ether oxygens (including phenoxy) is 1. The van der Waals surface area contributed by atoms with Gasteiger partial charge in [0.1, 0.15) is 22.5 Å². The van der Waals surface area contributed by atoms with Crippen molar-refractivity contribution >= 4 is 23.2 Å². The molecule has 0 amide bonds. The smallest absolute Gasteiger partial charge is 0.158 e. The maximum atomic E-state index is 9.03. The highest BCUT2D eigenvalue weighted by Gasteiger charge is 2.13. The first kappa shape index (κ1) is 10.7. The standard InChI is InChI=1S/C9H9N5OS/c1-15-5-16-9-6(4-10)8(11)14-7(13-9)2-3-12-14/h2-3H,5,11H2,1H3. The van der Waals surface area contributed by atoms with E-state index in [-0.39, 0.29) is 0 Å². The fourth-order valence-electron chi connectivity index (χ4n) is 1.27. The summed E-state index contributed by atoms with van der Waals surface area (Å²) >= 11 is 1.33. The summed E-state index contributed by atoms with van der Waals surface area (Å²) in [7, 11) is 1.58. The fourth-order valence-corrected chi connectivity index (χ4v) is 1.95. The number of aromatic nitrogens is 3. The molecular formula is C9H9N5OS. The molecule has 2 rings (SSSR count). The number of hydrogen-bond acceptors (Lipinski definition) is 6. The van der Waals surface area contributed by atoms with Gasteiger partial charge in [0.05, 0.1) is 12.1 Å². The summed E-state index contributed by atoms with van der Waals surface area (Å²) in [5.74, 6) is 0.724. The van der Waals surface area contributed by atoms with Gasteiger partial charge in [0, 0.05) is 13.2 Å². The molecule has 2 aromatic rings. The van der Waals surface area contributed by atoms with Crippen LogP contribution in [0.4, 0.5) is 5.82 Å². The normalized spacial score (nSPS) is 10.5. The highest BCUT2D eigenvalue weighted by molar-refractivity contribution is 7.99. The summed E-state index contributed by atoms with van der Waals surface area (Å²) in [6.45, 7) is 0. The zero-order chi connectivity index (χ0) is 11.5. The molecule has 0 aromatic carbocycles. The topological polar surface area (TPSA) is 89.2 Å². The number of methoxy groups -OCH3 is 1. The molecule has 2 heterocycles. The van der Waals surface area contributed by atoms with Crippen LogP contribution in [0, 0.1) is 11.3 Å². The van der Waals surface area contributed by atoms with E-state index in [0.29, 0.717) is 28.0 Å². The molecule has 16 heavy (non-hydrogen) atoms. The van der Waals surface area contributed by atoms with Crippen LogP contribution in [0.3, 0.4) is 0 Å². The Morgan fingerprint density at radius 3 is 3.19 bits per heavy atom. The number of thioether (sulfide) groups is 1. The molecule has 0 spiro atoms. The molecule has 0 fully saturated rings. The van der Waals surface area contributed by atoms with E-state index in [1.165, 1.54) is 16.3 Å². The molecule has 0 unspecified atom stereocenters. The van der Waals surface area contributed by atoms with Crippen LogP contribution in [0.15, 0.2) is 17.3 Å². The number of anilines is 1. The van der Waals surface area contributed by atoms with Gasteiger partial charge in [-0.15, -0.1) is 0 Å². The fraction of sp³-hybridized carbons (Fsp3) is 0.222. The van der Waals surface area contributed by atoms with E-state index in [0.717, 1.165) is 0 Å². The van der Waals surface area contributed by atoms with Crippen LogP contribution < -0.4 is 5.73 Å². The molecule has 0 atom stereocenters. The van der Waals surface area contributed by atoms with E-state index < -0.39 is 0 Å². The quantitative estimate of drug-likeness (QED) is 0.482. The second-order valence-corrected chi connectivity index (χ2v) is 3.85. The van der Waals surface area contributed by atoms with Crippen molar-refractivity contribution in [2.45, 2.75) is 5.03 Å². The molecule has 0 aliphatic rings. The van der Waals surface area contributed by atoms with Crippen LogP contribution in [0.5, 0.6) is 0 Å². The molecule has 0 saturated heterocycles. The molecule has 2 aromatic heterocycles. The minimum atomic E-state index is 0.302. The van der Waals surface area contributed by atoms with Crippen LogP contribution in [-0.2, 0) is 4.74 Å². The Hall–Kier alpha value is -1.78. The first-order valence-corrected chi connectivity index (χ1v) is 5.41. The highest BCUT2D eigenvalue weighted by atomic mass is 32.2. The maximum absolute atomic E-state index is 9.03. The summed E-state index contributed by atoms with van der Waals surface area (Å²) < 4.78 is 6.37. The monoisotopic (exact) mass is 235 g/mol. The lowest BCUT2D eigenvalue weighted by atomic mass is 10.3. The van der Waals surface area contributed by atoms with Gasteiger partial charge in [0.15, 0.2) is 5.65 Å². The van der Waals surface area contributed by atoms with Crippen molar-refractivity contribution < 1.29 is 4.74 Å². The predicted molar refractivity (Wildman–Crippen MR) is 59.8 cm³/mol. The van der Waals surface area contributed by atoms with Gasteiger partial charge in [-0.3, -0.25) is 0 Å². The molecular weight excluding hydrogens is 226 g/mol. The Bertz CT molecular complexity index is 559. The van der Waals surface area contributed by atoms with Gasteiger partial charge >= 0.3 is 0 Å². The number of nitrogens with two attached hydrogens (primary N) is 1. The largest absolute Gasteiger partial charge is 0.382 e. The summed E-state index contributed by atoms with van der Waals surface area (Å²) in [5, 5.41) is 13.6. The van der Waals surface area contributed by atoms with E-state index in [4.69, 9.17) is 15.7 Å². The minimum Gasteiger partial charge on any atom is -0.382 e. The Labute approximate surface area is 96.0 Å². The summed E-state index contributed by atoms with van der Waals surface area (Å²) in [6.07, 6.45) is 1.59. The van der Waals surface area contributed by atoms with Crippen LogP contribution in [0.2, 0.25) is 0 Å². The van der Waals surface area contributed by atoms with Gasteiger partial charge in [-0.25, -0.2) is 4.98 Å². The van der Waals surface area contributed by atoms with Gasteiger partial charge in [0.2, 0.25) is 0 Å². The number of nitrogen functional groups attached to an aromatic ring is 1. The number of nitriles is 1. The van der Waals surface area contributed by atoms with Crippen molar-refractivity contribution in [1.29, 1.82) is 5.26 Å². The van der Waals surface area contributed by atoms with Gasteiger partial charge in [-0.1, -0.05) is 11.8 Å². The number of fused-ring (bicyclic) bond motifs is 1. The third kappa shape index (κ3) is 1.68. The molecule has 0 aliphatic heterocycles. The van der Waals surface area contributed by atoms with Crippen LogP contribution in [0.25, 0.3) is 5.65 Å². The molecule has 82 valence electrons. The molecule has 0 saturated carbocycles. The van der Waals surface area contributed by atoms with Crippen LogP contribution in [-0.4, -0.2) is 27.6 Å². The highest BCUT2D eigenvalue weighted by Crippen LogP contribution is 2.25. The van der Waals surface area contributed by atoms with Gasteiger partial charge in [0.25, 0.3) is 0 Å². The summed E-state index contributed by atoms with van der Waals surface area (Å²) in [4.78, 5) is 4.29. The van der Waals surface area contributed by atoms with Crippen molar-refractivity contribution in [2.75, 3.05) is 18.8 Å². The molecule has 0 bridgehead atoms. The molecule has 7 heteroatoms. The van der Waals surface area contributed by atoms with Gasteiger partial charge < -0.3 is 10.5 Å². The summed E-state index contributed by atoms with van der Waals surface area (Å²) in [6, 6.07) is 3.76. The van der Waals surface area contributed by atoms with Crippen LogP contribution in [0.1, 0.15) is 5.56 Å². The van der Waals surface area contributed by atoms with E-state index in [9.17, 15) is 0 Å². The first-order valence-electron chi connectivity index (χ1n) is 4.43. The third-order valence-electron chi connectivity index (χ3n) is 1.96. The SMILES string of the molecule is COCSc1nc2ccnn2c(N)c1C#N. The lowest BCUT2D eigenvalue weighted by molar-refractivity contribution is 0.258. The summed E-state index contributed by atoms with van der Waals surface area (Å²) in [5.41, 5.74) is 6.78. The van der Waals surface area contributed by atoms with E-state index >= 15 is 0 Å². The number of rotatable bonds is 3. The minimum absolute atomic E-state index is 0.302. The van der Waals surface area contributed by atoms with Crippen molar-refractivity contribution in [2.24, 2.45) is 0 Å². The second kappa shape index (κ2) is 4.38. The Morgan fingerprint density at radius 2 is 2.50 bits per heavy atom. The Balaban J connectivity index is 2.58. The van der Waals surface area contributed by atoms with Crippen molar-refractivity contribution in [3.8, 4) is 6.07 Å².